The van der Waals surface area contributed by atoms with Gasteiger partial charge in [-0.15, -0.1) is 0 Å². The average molecular weight is 624 g/mol. The van der Waals surface area contributed by atoms with Gasteiger partial charge in [-0.05, 0) is 67.4 Å². The summed E-state index contributed by atoms with van der Waals surface area (Å²) in [5.74, 6) is 1.23. The van der Waals surface area contributed by atoms with Crippen molar-refractivity contribution < 1.29 is 23.7 Å². The number of fused-ring (bicyclic) bond motifs is 2. The van der Waals surface area contributed by atoms with Crippen LogP contribution >= 0.6 is 34.5 Å². The van der Waals surface area contributed by atoms with E-state index in [2.05, 4.69) is 4.99 Å². The quantitative estimate of drug-likeness (QED) is 0.256. The van der Waals surface area contributed by atoms with Crippen LogP contribution in [0, 0.1) is 0 Å². The van der Waals surface area contributed by atoms with E-state index >= 15 is 0 Å². The number of carbonyl (C=O) groups is 1. The molecule has 0 spiro atoms. The Kier molecular flexibility index (Phi) is 7.81. The molecule has 0 aliphatic carbocycles. The molecule has 6 rings (SSSR count). The minimum absolute atomic E-state index is 0.108. The zero-order chi connectivity index (χ0) is 29.4. The van der Waals surface area contributed by atoms with Crippen molar-refractivity contribution in [3.8, 4) is 17.2 Å². The van der Waals surface area contributed by atoms with Crippen LogP contribution in [0.5, 0.6) is 17.2 Å². The highest BCUT2D eigenvalue weighted by atomic mass is 35.5. The number of aromatic nitrogens is 1. The summed E-state index contributed by atoms with van der Waals surface area (Å²) in [6, 6.07) is 17.3. The fourth-order valence-electron chi connectivity index (χ4n) is 4.84. The molecular formula is C31H24Cl2N2O6S. The molecule has 0 N–H and O–H groups in total. The van der Waals surface area contributed by atoms with Crippen LogP contribution in [0.3, 0.4) is 0 Å². The fourth-order valence-corrected chi connectivity index (χ4v) is 6.35. The number of ether oxygens (including phenoxy) is 4. The number of benzene rings is 3. The van der Waals surface area contributed by atoms with Gasteiger partial charge in [0.15, 0.2) is 16.3 Å². The third kappa shape index (κ3) is 5.43. The molecule has 0 amide bonds. The van der Waals surface area contributed by atoms with Crippen molar-refractivity contribution in [3.63, 3.8) is 0 Å². The molecule has 0 saturated heterocycles. The van der Waals surface area contributed by atoms with Crippen LogP contribution in [0.25, 0.3) is 6.08 Å². The van der Waals surface area contributed by atoms with Gasteiger partial charge in [-0.3, -0.25) is 9.36 Å². The summed E-state index contributed by atoms with van der Waals surface area (Å²) in [5.41, 5.74) is 2.75. The lowest BCUT2D eigenvalue weighted by atomic mass is 9.95. The van der Waals surface area contributed by atoms with Crippen molar-refractivity contribution in [2.24, 2.45) is 4.99 Å². The Morgan fingerprint density at radius 1 is 1.12 bits per heavy atom. The predicted molar refractivity (Wildman–Crippen MR) is 160 cm³/mol. The first-order chi connectivity index (χ1) is 20.3. The van der Waals surface area contributed by atoms with E-state index in [0.29, 0.717) is 53.5 Å². The van der Waals surface area contributed by atoms with Gasteiger partial charge in [0.25, 0.3) is 5.56 Å². The molecule has 4 aromatic rings. The molecular weight excluding hydrogens is 599 g/mol. The van der Waals surface area contributed by atoms with Crippen molar-refractivity contribution in [2.45, 2.75) is 26.5 Å². The van der Waals surface area contributed by atoms with Crippen LogP contribution in [-0.2, 0) is 16.1 Å². The molecule has 3 heterocycles. The largest absolute Gasteiger partial charge is 0.489 e. The second kappa shape index (κ2) is 11.7. The van der Waals surface area contributed by atoms with Gasteiger partial charge in [0.2, 0.25) is 6.79 Å². The van der Waals surface area contributed by atoms with Crippen molar-refractivity contribution >= 4 is 46.6 Å². The van der Waals surface area contributed by atoms with Gasteiger partial charge in [0.05, 0.1) is 28.5 Å². The molecule has 214 valence electrons. The molecule has 0 radical (unpaired) electrons. The van der Waals surface area contributed by atoms with E-state index in [1.54, 1.807) is 44.2 Å². The van der Waals surface area contributed by atoms with Crippen LogP contribution in [-0.4, -0.2) is 23.9 Å². The molecule has 0 unspecified atom stereocenters. The first-order valence-corrected chi connectivity index (χ1v) is 14.7. The Hall–Kier alpha value is -4.05. The molecule has 42 heavy (non-hydrogen) atoms. The summed E-state index contributed by atoms with van der Waals surface area (Å²) in [7, 11) is 0. The topological polar surface area (TPSA) is 88.4 Å². The molecule has 0 fully saturated rings. The normalized spacial score (nSPS) is 15.8. The highest BCUT2D eigenvalue weighted by molar-refractivity contribution is 7.07. The van der Waals surface area contributed by atoms with Crippen molar-refractivity contribution in [2.75, 3.05) is 13.4 Å². The molecule has 2 aliphatic heterocycles. The minimum atomic E-state index is -0.754. The summed E-state index contributed by atoms with van der Waals surface area (Å²) in [6.07, 6.45) is 1.78. The van der Waals surface area contributed by atoms with Gasteiger partial charge in [-0.2, -0.15) is 0 Å². The first-order valence-electron chi connectivity index (χ1n) is 13.1. The van der Waals surface area contributed by atoms with Crippen molar-refractivity contribution in [1.82, 2.24) is 4.57 Å². The Morgan fingerprint density at radius 2 is 1.95 bits per heavy atom. The minimum Gasteiger partial charge on any atom is -0.489 e. The molecule has 1 atom stereocenters. The maximum atomic E-state index is 13.9. The Labute approximate surface area is 254 Å². The standard InChI is InChI=1S/C31H24Cl2N2O6S/c1-3-38-30(37)27-17(2)34-31-35(28(27)19-8-10-24-25(13-19)41-16-40-24)29(36)26(42-31)12-18-5-4-6-22(11-18)39-15-20-7-9-21(32)14-23(20)33/h4-14,28H,3,15-16H2,1-2H3/b26-12-/t28-/m1/s1. The van der Waals surface area contributed by atoms with Crippen LogP contribution in [0.15, 0.2) is 81.7 Å². The van der Waals surface area contributed by atoms with E-state index in [-0.39, 0.29) is 25.6 Å². The number of esters is 1. The number of rotatable bonds is 7. The maximum Gasteiger partial charge on any atom is 0.338 e. The summed E-state index contributed by atoms with van der Waals surface area (Å²) < 4.78 is 24.4. The summed E-state index contributed by atoms with van der Waals surface area (Å²) in [6.45, 7) is 4.04. The third-order valence-corrected chi connectivity index (χ3v) is 8.36. The van der Waals surface area contributed by atoms with Gasteiger partial charge in [-0.25, -0.2) is 9.79 Å². The molecule has 1 aromatic heterocycles. The second-order valence-electron chi connectivity index (χ2n) is 9.51. The van der Waals surface area contributed by atoms with Gasteiger partial charge in [0, 0.05) is 15.6 Å². The number of hydrogen-bond acceptors (Lipinski definition) is 8. The number of carbonyl (C=O) groups excluding carboxylic acids is 1. The number of allylic oxidation sites excluding steroid dienone is 1. The SMILES string of the molecule is CCOC(=O)C1=C(C)N=c2s/c(=C\c3cccc(OCc4ccc(Cl)cc4Cl)c3)c(=O)n2[C@@H]1c1ccc2c(c1)OCO2. The van der Waals surface area contributed by atoms with Crippen molar-refractivity contribution in [3.05, 3.63) is 118 Å². The molecule has 11 heteroatoms. The average Bonchev–Trinajstić information content (AvgIpc) is 3.55. The highest BCUT2D eigenvalue weighted by Gasteiger charge is 2.34. The number of thiazole rings is 1. The van der Waals surface area contributed by atoms with E-state index in [4.69, 9.17) is 42.1 Å². The van der Waals surface area contributed by atoms with Gasteiger partial charge < -0.3 is 18.9 Å². The van der Waals surface area contributed by atoms with Gasteiger partial charge >= 0.3 is 5.97 Å². The first kappa shape index (κ1) is 28.1. The lowest BCUT2D eigenvalue weighted by Gasteiger charge is -2.24. The lowest BCUT2D eigenvalue weighted by Crippen LogP contribution is -2.39. The smallest absolute Gasteiger partial charge is 0.338 e. The van der Waals surface area contributed by atoms with E-state index < -0.39 is 12.0 Å². The molecule has 3 aromatic carbocycles. The number of halogens is 2. The Balaban J connectivity index is 1.38. The molecule has 2 aliphatic rings. The predicted octanol–water partition coefficient (Wildman–Crippen LogP) is 5.41. The zero-order valence-electron chi connectivity index (χ0n) is 22.6. The summed E-state index contributed by atoms with van der Waals surface area (Å²) in [4.78, 5) is 32.2. The fraction of sp³-hybridized carbons (Fsp3) is 0.194. The summed E-state index contributed by atoms with van der Waals surface area (Å²) >= 11 is 13.5. The van der Waals surface area contributed by atoms with E-state index in [9.17, 15) is 9.59 Å². The molecule has 8 nitrogen and oxygen atoms in total. The lowest BCUT2D eigenvalue weighted by molar-refractivity contribution is -0.139. The second-order valence-corrected chi connectivity index (χ2v) is 11.4. The van der Waals surface area contributed by atoms with Crippen LogP contribution in [0.1, 0.15) is 36.6 Å². The third-order valence-electron chi connectivity index (χ3n) is 6.79. The Bertz CT molecular complexity index is 1930. The van der Waals surface area contributed by atoms with E-state index in [1.165, 1.54) is 15.9 Å². The monoisotopic (exact) mass is 622 g/mol. The van der Waals surface area contributed by atoms with Crippen LogP contribution in [0.2, 0.25) is 10.0 Å². The van der Waals surface area contributed by atoms with Crippen LogP contribution in [0.4, 0.5) is 0 Å². The molecule has 0 bridgehead atoms. The van der Waals surface area contributed by atoms with Gasteiger partial charge in [-0.1, -0.05) is 58.8 Å². The summed E-state index contributed by atoms with van der Waals surface area (Å²) in [5, 5.41) is 1.08. The molecule has 0 saturated carbocycles. The van der Waals surface area contributed by atoms with Crippen LogP contribution < -0.4 is 29.1 Å². The van der Waals surface area contributed by atoms with Crippen molar-refractivity contribution in [1.29, 1.82) is 0 Å². The Morgan fingerprint density at radius 3 is 2.76 bits per heavy atom. The zero-order valence-corrected chi connectivity index (χ0v) is 24.9. The van der Waals surface area contributed by atoms with Gasteiger partial charge in [0.1, 0.15) is 12.4 Å². The highest BCUT2D eigenvalue weighted by Crippen LogP contribution is 2.38. The van der Waals surface area contributed by atoms with E-state index in [0.717, 1.165) is 11.1 Å². The van der Waals surface area contributed by atoms with E-state index in [1.807, 2.05) is 36.4 Å². The number of hydrogen-bond donors (Lipinski definition) is 0. The maximum absolute atomic E-state index is 13.9. The number of nitrogens with zero attached hydrogens (tertiary/aromatic N) is 2.